The van der Waals surface area contributed by atoms with E-state index in [0.717, 1.165) is 6.42 Å². The van der Waals surface area contributed by atoms with Crippen molar-refractivity contribution in [1.82, 2.24) is 4.90 Å². The summed E-state index contributed by atoms with van der Waals surface area (Å²) < 4.78 is 42.0. The van der Waals surface area contributed by atoms with Gasteiger partial charge in [0.2, 0.25) is 0 Å². The summed E-state index contributed by atoms with van der Waals surface area (Å²) in [6, 6.07) is -0.0549. The molecule has 3 atom stereocenters. The lowest BCUT2D eigenvalue weighted by atomic mass is 10.0. The summed E-state index contributed by atoms with van der Waals surface area (Å²) in [5.41, 5.74) is 0. The molecule has 0 aliphatic carbocycles. The van der Waals surface area contributed by atoms with E-state index in [1.54, 1.807) is 4.90 Å². The minimum atomic E-state index is -4.09. The molecule has 0 N–H and O–H groups in total. The first-order valence-corrected chi connectivity index (χ1v) is 4.87. The molecule has 2 fully saturated rings. The molecule has 0 radical (unpaired) electrons. The van der Waals surface area contributed by atoms with Crippen molar-refractivity contribution < 1.29 is 17.9 Å². The molecule has 0 aromatic rings. The molecule has 2 rings (SSSR count). The van der Waals surface area contributed by atoms with Gasteiger partial charge in [0.1, 0.15) is 0 Å². The summed E-state index contributed by atoms with van der Waals surface area (Å²) in [5.74, 6) is 0.324. The van der Waals surface area contributed by atoms with Crippen LogP contribution < -0.4 is 0 Å². The molecular weight excluding hydrogens is 195 g/mol. The zero-order valence-corrected chi connectivity index (χ0v) is 8.05. The van der Waals surface area contributed by atoms with Crippen molar-refractivity contribution in [2.75, 3.05) is 19.8 Å². The number of ether oxygens (including phenoxy) is 1. The number of morpholine rings is 1. The molecule has 2 aliphatic heterocycles. The Morgan fingerprint density at radius 2 is 2.07 bits per heavy atom. The minimum Gasteiger partial charge on any atom is -0.378 e. The molecule has 0 amide bonds. The highest BCUT2D eigenvalue weighted by atomic mass is 19.4. The largest absolute Gasteiger partial charge is 0.401 e. The van der Waals surface area contributed by atoms with Gasteiger partial charge in [-0.3, -0.25) is 4.90 Å². The second-order valence-electron chi connectivity index (χ2n) is 4.26. The summed E-state index contributed by atoms with van der Waals surface area (Å²) in [6.45, 7) is 2.13. The number of nitrogens with zero attached hydrogens (tertiary/aromatic N) is 1. The molecule has 0 aromatic heterocycles. The second-order valence-corrected chi connectivity index (χ2v) is 4.26. The van der Waals surface area contributed by atoms with Gasteiger partial charge in [-0.1, -0.05) is 6.92 Å². The average Bonchev–Trinajstić information content (AvgIpc) is 2.26. The van der Waals surface area contributed by atoms with Crippen molar-refractivity contribution in [3.8, 4) is 0 Å². The predicted molar refractivity (Wildman–Crippen MR) is 44.9 cm³/mol. The Balaban J connectivity index is 2.05. The summed E-state index contributed by atoms with van der Waals surface area (Å²) in [7, 11) is 0. The molecule has 14 heavy (non-hydrogen) atoms. The van der Waals surface area contributed by atoms with Crippen LogP contribution >= 0.6 is 0 Å². The molecule has 2 heterocycles. The van der Waals surface area contributed by atoms with Crippen LogP contribution in [-0.2, 0) is 4.74 Å². The van der Waals surface area contributed by atoms with Gasteiger partial charge in [0.15, 0.2) is 0 Å². The van der Waals surface area contributed by atoms with E-state index in [4.69, 9.17) is 4.74 Å². The van der Waals surface area contributed by atoms with Crippen LogP contribution in [0, 0.1) is 5.92 Å². The number of halogens is 3. The third kappa shape index (κ3) is 1.88. The minimum absolute atomic E-state index is 0.0228. The highest BCUT2D eigenvalue weighted by Gasteiger charge is 2.46. The molecule has 2 bridgehead atoms. The van der Waals surface area contributed by atoms with Crippen molar-refractivity contribution in [2.24, 2.45) is 5.92 Å². The van der Waals surface area contributed by atoms with Gasteiger partial charge in [-0.15, -0.1) is 0 Å². The maximum Gasteiger partial charge on any atom is 0.401 e. The maximum absolute atomic E-state index is 12.3. The van der Waals surface area contributed by atoms with Gasteiger partial charge < -0.3 is 4.74 Å². The first-order valence-electron chi connectivity index (χ1n) is 4.87. The van der Waals surface area contributed by atoms with Crippen LogP contribution in [-0.4, -0.2) is 42.9 Å². The zero-order valence-electron chi connectivity index (χ0n) is 8.05. The van der Waals surface area contributed by atoms with Gasteiger partial charge in [0.25, 0.3) is 0 Å². The Morgan fingerprint density at radius 1 is 1.36 bits per heavy atom. The lowest BCUT2D eigenvalue weighted by Crippen LogP contribution is -2.50. The summed E-state index contributed by atoms with van der Waals surface area (Å²) in [4.78, 5) is 1.56. The molecule has 82 valence electrons. The third-order valence-corrected chi connectivity index (χ3v) is 3.16. The third-order valence-electron chi connectivity index (χ3n) is 3.16. The molecular formula is C9H14F3NO. The van der Waals surface area contributed by atoms with Crippen LogP contribution in [0.25, 0.3) is 0 Å². The Bertz CT molecular complexity index is 219. The van der Waals surface area contributed by atoms with Crippen LogP contribution in [0.4, 0.5) is 13.2 Å². The van der Waals surface area contributed by atoms with Crippen molar-refractivity contribution >= 4 is 0 Å². The SMILES string of the molecule is CC1CC2COCC1N2CC(F)(F)F. The highest BCUT2D eigenvalue weighted by molar-refractivity contribution is 4.95. The number of fused-ring (bicyclic) bond motifs is 2. The lowest BCUT2D eigenvalue weighted by Gasteiger charge is -2.35. The monoisotopic (exact) mass is 209 g/mol. The lowest BCUT2D eigenvalue weighted by molar-refractivity contribution is -0.165. The Kier molecular flexibility index (Phi) is 2.47. The van der Waals surface area contributed by atoms with Crippen LogP contribution in [0.5, 0.6) is 0 Å². The fourth-order valence-electron chi connectivity index (χ4n) is 2.52. The van der Waals surface area contributed by atoms with Crippen molar-refractivity contribution in [3.05, 3.63) is 0 Å². The van der Waals surface area contributed by atoms with E-state index in [1.807, 2.05) is 6.92 Å². The number of rotatable bonds is 1. The molecule has 3 unspecified atom stereocenters. The van der Waals surface area contributed by atoms with E-state index in [1.165, 1.54) is 0 Å². The average molecular weight is 209 g/mol. The number of alkyl halides is 3. The first kappa shape index (κ1) is 10.2. The smallest absolute Gasteiger partial charge is 0.378 e. The van der Waals surface area contributed by atoms with Gasteiger partial charge >= 0.3 is 6.18 Å². The highest BCUT2D eigenvalue weighted by Crippen LogP contribution is 2.35. The van der Waals surface area contributed by atoms with Crippen LogP contribution in [0.3, 0.4) is 0 Å². The molecule has 0 spiro atoms. The molecule has 2 aliphatic rings. The number of hydrogen-bond donors (Lipinski definition) is 0. The summed E-state index contributed by atoms with van der Waals surface area (Å²) in [5, 5.41) is 0. The van der Waals surface area contributed by atoms with Gasteiger partial charge in [0.05, 0.1) is 19.8 Å². The van der Waals surface area contributed by atoms with E-state index in [-0.39, 0.29) is 12.1 Å². The first-order chi connectivity index (χ1) is 6.47. The fraction of sp³-hybridized carbons (Fsp3) is 1.00. The normalized spacial score (nSPS) is 39.0. The molecule has 5 heteroatoms. The van der Waals surface area contributed by atoms with Crippen molar-refractivity contribution in [3.63, 3.8) is 0 Å². The Labute approximate surface area is 81.0 Å². The Morgan fingerprint density at radius 3 is 2.64 bits per heavy atom. The standard InChI is InChI=1S/C9H14F3NO/c1-6-2-7-3-14-4-8(6)13(7)5-9(10,11)12/h6-8H,2-5H2,1H3. The molecule has 0 aromatic carbocycles. The van der Waals surface area contributed by atoms with Crippen molar-refractivity contribution in [2.45, 2.75) is 31.6 Å². The quantitative estimate of drug-likeness (QED) is 0.651. The van der Waals surface area contributed by atoms with Crippen molar-refractivity contribution in [1.29, 1.82) is 0 Å². The van der Waals surface area contributed by atoms with Gasteiger partial charge in [-0.2, -0.15) is 13.2 Å². The molecule has 0 saturated carbocycles. The van der Waals surface area contributed by atoms with E-state index >= 15 is 0 Å². The van der Waals surface area contributed by atoms with E-state index < -0.39 is 12.7 Å². The topological polar surface area (TPSA) is 12.5 Å². The predicted octanol–water partition coefficient (Wildman–Crippen LogP) is 1.66. The second kappa shape index (κ2) is 3.38. The van der Waals surface area contributed by atoms with E-state index in [2.05, 4.69) is 0 Å². The maximum atomic E-state index is 12.3. The van der Waals surface area contributed by atoms with Gasteiger partial charge in [-0.05, 0) is 12.3 Å². The van der Waals surface area contributed by atoms with Crippen LogP contribution in [0.2, 0.25) is 0 Å². The fourth-order valence-corrected chi connectivity index (χ4v) is 2.52. The van der Waals surface area contributed by atoms with E-state index in [0.29, 0.717) is 19.1 Å². The van der Waals surface area contributed by atoms with Gasteiger partial charge in [-0.25, -0.2) is 0 Å². The molecule has 2 nitrogen and oxygen atoms in total. The summed E-state index contributed by atoms with van der Waals surface area (Å²) in [6.07, 6.45) is -3.25. The zero-order chi connectivity index (χ0) is 10.3. The van der Waals surface area contributed by atoms with Crippen LogP contribution in [0.15, 0.2) is 0 Å². The van der Waals surface area contributed by atoms with Crippen LogP contribution in [0.1, 0.15) is 13.3 Å². The number of hydrogen-bond acceptors (Lipinski definition) is 2. The molecule has 2 saturated heterocycles. The van der Waals surface area contributed by atoms with Gasteiger partial charge in [0, 0.05) is 12.1 Å². The van der Waals surface area contributed by atoms with E-state index in [9.17, 15) is 13.2 Å². The Hall–Kier alpha value is -0.290. The summed E-state index contributed by atoms with van der Waals surface area (Å²) >= 11 is 0.